The zero-order valence-corrected chi connectivity index (χ0v) is 22.6. The molecule has 0 aliphatic heterocycles. The quantitative estimate of drug-likeness (QED) is 0.168. The Morgan fingerprint density at radius 3 is 0.800 bits per heavy atom. The van der Waals surface area contributed by atoms with Gasteiger partial charge in [-0.05, 0) is 72.4 Å². The second kappa shape index (κ2) is 18.2. The Morgan fingerprint density at radius 2 is 0.650 bits per heavy atom. The summed E-state index contributed by atoms with van der Waals surface area (Å²) in [5, 5.41) is 52.4. The minimum Gasteiger partial charge on any atom is -0.508 e. The first-order chi connectivity index (χ1) is 18.3. The molecule has 0 bridgehead atoms. The molecule has 3 aromatic carbocycles. The average Bonchev–Trinajstić information content (AvgIpc) is 2.88. The Morgan fingerprint density at radius 1 is 0.475 bits per heavy atom. The van der Waals surface area contributed by atoms with Crippen LogP contribution in [-0.2, 0) is 51.0 Å². The Hall–Kier alpha value is -4.12. The third-order valence-electron chi connectivity index (χ3n) is 5.13. The number of carboxylic acids is 3. The number of nitrogens with two attached hydrogens (primary N) is 3. The minimum atomic E-state index is -1.02. The molecule has 3 aromatic rings. The fourth-order valence-electron chi connectivity index (χ4n) is 2.92. The van der Waals surface area contributed by atoms with E-state index in [-0.39, 0.29) is 53.9 Å². The number of carbonyl (C=O) groups is 3. The molecule has 0 saturated heterocycles. The SMILES string of the molecule is N[C@@H](Cc1ccc(O)cc1)C(=O)O.N[C@@H](Cc1ccc(O)cc1)C(=O)O.N[C@@H](Cc1ccc(O)cc1)C(=O)O.[Cr]. The molecule has 0 heterocycles. The molecule has 0 saturated carbocycles. The van der Waals surface area contributed by atoms with E-state index in [0.29, 0.717) is 0 Å². The third kappa shape index (κ3) is 14.7. The molecule has 3 rings (SSSR count). The number of aromatic hydroxyl groups is 3. The van der Waals surface area contributed by atoms with Gasteiger partial charge in [0.25, 0.3) is 0 Å². The van der Waals surface area contributed by atoms with Crippen LogP contribution < -0.4 is 17.2 Å². The molecule has 12 N–H and O–H groups in total. The van der Waals surface area contributed by atoms with Gasteiger partial charge in [-0.2, -0.15) is 0 Å². The smallest absolute Gasteiger partial charge is 0.320 e. The second-order valence-corrected chi connectivity index (χ2v) is 8.45. The summed E-state index contributed by atoms with van der Waals surface area (Å²) in [6.45, 7) is 0. The Labute approximate surface area is 241 Å². The van der Waals surface area contributed by atoms with E-state index >= 15 is 0 Å². The normalized spacial score (nSPS) is 12.1. The van der Waals surface area contributed by atoms with Crippen LogP contribution in [0.1, 0.15) is 16.7 Å². The van der Waals surface area contributed by atoms with Crippen molar-refractivity contribution in [1.29, 1.82) is 0 Å². The molecule has 0 aliphatic carbocycles. The Balaban J connectivity index is 0.000000563. The number of phenols is 3. The molecule has 0 fully saturated rings. The van der Waals surface area contributed by atoms with Crippen molar-refractivity contribution < 1.29 is 62.4 Å². The summed E-state index contributed by atoms with van der Waals surface area (Å²) in [7, 11) is 0. The number of carboxylic acid groups (broad SMARTS) is 3. The first-order valence-electron chi connectivity index (χ1n) is 11.6. The molecular weight excluding hydrogens is 562 g/mol. The van der Waals surface area contributed by atoms with Crippen molar-refractivity contribution in [3.05, 3.63) is 89.5 Å². The summed E-state index contributed by atoms with van der Waals surface area (Å²) < 4.78 is 0. The topological polar surface area (TPSA) is 251 Å². The molecule has 216 valence electrons. The fraction of sp³-hybridized carbons (Fsp3) is 0.222. The van der Waals surface area contributed by atoms with Gasteiger partial charge in [0.05, 0.1) is 0 Å². The molecule has 0 unspecified atom stereocenters. The number of hydrogen-bond donors (Lipinski definition) is 9. The largest absolute Gasteiger partial charge is 0.508 e. The monoisotopic (exact) mass is 595 g/mol. The summed E-state index contributed by atoms with van der Waals surface area (Å²) >= 11 is 0. The molecule has 0 aliphatic rings. The van der Waals surface area contributed by atoms with Crippen molar-refractivity contribution in [3.63, 3.8) is 0 Å². The predicted octanol–water partition coefficient (Wildman–Crippen LogP) is 1.04. The number of rotatable bonds is 9. The van der Waals surface area contributed by atoms with E-state index in [2.05, 4.69) is 0 Å². The van der Waals surface area contributed by atoms with Crippen molar-refractivity contribution in [2.75, 3.05) is 0 Å². The summed E-state index contributed by atoms with van der Waals surface area (Å²) in [5.74, 6) is -2.58. The van der Waals surface area contributed by atoms with Gasteiger partial charge in [-0.3, -0.25) is 14.4 Å². The number of aliphatic carboxylic acids is 3. The average molecular weight is 596 g/mol. The first-order valence-corrected chi connectivity index (χ1v) is 11.6. The maximum Gasteiger partial charge on any atom is 0.320 e. The standard InChI is InChI=1S/3C9H11NO3.Cr/c3*10-8(9(12)13)5-6-1-3-7(11)4-2-6;/h3*1-4,8,11H,5,10H2,(H,12,13);/t3*8-;/m000./s1. The summed E-state index contributed by atoms with van der Waals surface area (Å²) in [6, 6.07) is 16.3. The van der Waals surface area contributed by atoms with E-state index in [9.17, 15) is 14.4 Å². The zero-order valence-electron chi connectivity index (χ0n) is 21.3. The maximum absolute atomic E-state index is 10.4. The molecule has 0 spiro atoms. The number of benzene rings is 3. The van der Waals surface area contributed by atoms with Crippen molar-refractivity contribution in [3.8, 4) is 17.2 Å². The van der Waals surface area contributed by atoms with Gasteiger partial charge >= 0.3 is 17.9 Å². The molecule has 0 amide bonds. The minimum absolute atomic E-state index is 0. The van der Waals surface area contributed by atoms with Crippen LogP contribution in [0.15, 0.2) is 72.8 Å². The van der Waals surface area contributed by atoms with Gasteiger partial charge in [0.1, 0.15) is 35.4 Å². The molecular formula is C27H33CrN3O9. The van der Waals surface area contributed by atoms with Gasteiger partial charge in [0.15, 0.2) is 0 Å². The molecule has 40 heavy (non-hydrogen) atoms. The fourth-order valence-corrected chi connectivity index (χ4v) is 2.92. The summed E-state index contributed by atoms with van der Waals surface area (Å²) in [6.07, 6.45) is 0.820. The third-order valence-corrected chi connectivity index (χ3v) is 5.13. The van der Waals surface area contributed by atoms with Crippen LogP contribution in [0.4, 0.5) is 0 Å². The van der Waals surface area contributed by atoms with Crippen LogP contribution in [0, 0.1) is 0 Å². The van der Waals surface area contributed by atoms with Crippen LogP contribution in [0.25, 0.3) is 0 Å². The van der Waals surface area contributed by atoms with Gasteiger partial charge in [0, 0.05) is 17.4 Å². The van der Waals surface area contributed by atoms with Crippen molar-refractivity contribution >= 4 is 17.9 Å². The van der Waals surface area contributed by atoms with Crippen LogP contribution in [-0.4, -0.2) is 66.7 Å². The van der Waals surface area contributed by atoms with E-state index in [4.69, 9.17) is 47.8 Å². The van der Waals surface area contributed by atoms with Crippen LogP contribution in [0.5, 0.6) is 17.2 Å². The summed E-state index contributed by atoms with van der Waals surface area (Å²) in [5.41, 5.74) is 18.4. The van der Waals surface area contributed by atoms with E-state index in [1.165, 1.54) is 36.4 Å². The first kappa shape index (κ1) is 35.9. The molecule has 12 nitrogen and oxygen atoms in total. The Kier molecular flexibility index (Phi) is 16.3. The zero-order chi connectivity index (χ0) is 29.5. The van der Waals surface area contributed by atoms with Crippen LogP contribution in [0.3, 0.4) is 0 Å². The number of phenolic OH excluding ortho intramolecular Hbond substituents is 3. The van der Waals surface area contributed by atoms with E-state index in [1.807, 2.05) is 0 Å². The predicted molar refractivity (Wildman–Crippen MR) is 142 cm³/mol. The van der Waals surface area contributed by atoms with Crippen LogP contribution >= 0.6 is 0 Å². The number of hydrogen-bond acceptors (Lipinski definition) is 9. The molecule has 3 atom stereocenters. The molecule has 13 heteroatoms. The van der Waals surface area contributed by atoms with Gasteiger partial charge in [-0.15, -0.1) is 0 Å². The molecule has 0 aromatic heterocycles. The summed E-state index contributed by atoms with van der Waals surface area (Å²) in [4.78, 5) is 31.2. The molecule has 0 radical (unpaired) electrons. The van der Waals surface area contributed by atoms with E-state index in [1.54, 1.807) is 36.4 Å². The van der Waals surface area contributed by atoms with Gasteiger partial charge in [-0.25, -0.2) is 0 Å². The van der Waals surface area contributed by atoms with Gasteiger partial charge in [-0.1, -0.05) is 36.4 Å². The Bertz CT molecular complexity index is 1040. The van der Waals surface area contributed by atoms with Gasteiger partial charge in [0.2, 0.25) is 0 Å². The van der Waals surface area contributed by atoms with Crippen molar-refractivity contribution in [2.24, 2.45) is 17.2 Å². The van der Waals surface area contributed by atoms with Crippen molar-refractivity contribution in [2.45, 2.75) is 37.4 Å². The van der Waals surface area contributed by atoms with Crippen LogP contribution in [0.2, 0.25) is 0 Å². The van der Waals surface area contributed by atoms with E-state index < -0.39 is 36.0 Å². The second-order valence-electron chi connectivity index (χ2n) is 8.45. The van der Waals surface area contributed by atoms with Gasteiger partial charge < -0.3 is 47.8 Å². The van der Waals surface area contributed by atoms with Crippen molar-refractivity contribution in [1.82, 2.24) is 0 Å². The van der Waals surface area contributed by atoms with E-state index in [0.717, 1.165) is 16.7 Å². The maximum atomic E-state index is 10.4.